The molecule has 1 unspecified atom stereocenters. The van der Waals surface area contributed by atoms with Crippen LogP contribution in [0.15, 0.2) is 11.5 Å². The van der Waals surface area contributed by atoms with E-state index in [-0.39, 0.29) is 0 Å². The van der Waals surface area contributed by atoms with Gasteiger partial charge in [0.25, 0.3) is 0 Å². The van der Waals surface area contributed by atoms with Crippen LogP contribution < -0.4 is 0 Å². The maximum absolute atomic E-state index is 9.03. The number of hydrogen-bond acceptors (Lipinski definition) is 4. The molecule has 0 amide bonds. The molecule has 2 aliphatic rings. The third-order valence-electron chi connectivity index (χ3n) is 3.31. The Balaban J connectivity index is 1.86. The van der Waals surface area contributed by atoms with E-state index in [9.17, 15) is 0 Å². The maximum atomic E-state index is 9.03. The summed E-state index contributed by atoms with van der Waals surface area (Å²) in [4.78, 5) is 2.44. The Labute approximate surface area is 90.7 Å². The highest BCUT2D eigenvalue weighted by Crippen LogP contribution is 2.23. The predicted octanol–water partition coefficient (Wildman–Crippen LogP) is -0.190. The average Bonchev–Trinajstić information content (AvgIpc) is 2.30. The first-order valence-corrected chi connectivity index (χ1v) is 5.64. The van der Waals surface area contributed by atoms with Crippen molar-refractivity contribution in [1.29, 1.82) is 0 Å². The minimum absolute atomic E-state index is 0.566. The molecular weight excluding hydrogens is 193 g/mol. The number of allylic oxidation sites excluding steroid dienone is 1. The van der Waals surface area contributed by atoms with Gasteiger partial charge < -0.3 is 14.8 Å². The van der Waals surface area contributed by atoms with Crippen LogP contribution in [0.25, 0.3) is 0 Å². The fraction of sp³-hybridized carbons (Fsp3) is 0.800. The van der Waals surface area contributed by atoms with Gasteiger partial charge in [0.2, 0.25) is 0 Å². The van der Waals surface area contributed by atoms with Crippen molar-refractivity contribution < 1.29 is 14.8 Å². The van der Waals surface area contributed by atoms with Crippen LogP contribution in [-0.2, 0) is 4.74 Å². The predicted molar refractivity (Wildman–Crippen MR) is 58.3 cm³/mol. The molecule has 0 aromatic heterocycles. The molecule has 0 aromatic rings. The molecule has 2 rings (SSSR count). The molecule has 84 valence electrons. The van der Waals surface area contributed by atoms with E-state index in [1.54, 1.807) is 0 Å². The minimum Gasteiger partial charge on any atom is -0.423 e. The quantitative estimate of drug-likeness (QED) is 0.621. The lowest BCUT2D eigenvalue weighted by molar-refractivity contribution is 0.0146. The van der Waals surface area contributed by atoms with Crippen molar-refractivity contribution in [3.63, 3.8) is 0 Å². The molecule has 0 aromatic carbocycles. The van der Waals surface area contributed by atoms with E-state index < -0.39 is 7.12 Å². The number of morpholine rings is 1. The molecule has 0 radical (unpaired) electrons. The Hall–Kier alpha value is -0.355. The summed E-state index contributed by atoms with van der Waals surface area (Å²) >= 11 is 0. The van der Waals surface area contributed by atoms with Gasteiger partial charge in [-0.25, -0.2) is 0 Å². The van der Waals surface area contributed by atoms with Crippen LogP contribution in [-0.4, -0.2) is 54.4 Å². The fourth-order valence-electron chi connectivity index (χ4n) is 2.35. The maximum Gasteiger partial charge on any atom is 0.483 e. The topological polar surface area (TPSA) is 52.9 Å². The van der Waals surface area contributed by atoms with Gasteiger partial charge in [-0.1, -0.05) is 6.08 Å². The Morgan fingerprint density at radius 3 is 2.60 bits per heavy atom. The molecule has 1 aliphatic carbocycles. The van der Waals surface area contributed by atoms with E-state index in [1.165, 1.54) is 0 Å². The molecule has 1 saturated heterocycles. The van der Waals surface area contributed by atoms with Gasteiger partial charge in [0.05, 0.1) is 13.2 Å². The molecule has 1 atom stereocenters. The highest BCUT2D eigenvalue weighted by Gasteiger charge is 2.26. The number of ether oxygens (including phenoxy) is 1. The van der Waals surface area contributed by atoms with Crippen molar-refractivity contribution in [3.8, 4) is 0 Å². The van der Waals surface area contributed by atoms with Gasteiger partial charge in [-0.3, -0.25) is 4.90 Å². The van der Waals surface area contributed by atoms with Crippen LogP contribution in [0, 0.1) is 0 Å². The van der Waals surface area contributed by atoms with Crippen molar-refractivity contribution in [1.82, 2.24) is 4.90 Å². The number of rotatable bonds is 2. The molecule has 5 heteroatoms. The Morgan fingerprint density at radius 1 is 1.33 bits per heavy atom. The summed E-state index contributed by atoms with van der Waals surface area (Å²) < 4.78 is 5.31. The van der Waals surface area contributed by atoms with Crippen molar-refractivity contribution in [3.05, 3.63) is 11.5 Å². The lowest BCUT2D eigenvalue weighted by Crippen LogP contribution is -2.44. The molecule has 0 spiro atoms. The summed E-state index contributed by atoms with van der Waals surface area (Å²) in [6, 6.07) is 0.566. The summed E-state index contributed by atoms with van der Waals surface area (Å²) in [5, 5.41) is 18.1. The number of nitrogens with zero attached hydrogens (tertiary/aromatic N) is 1. The summed E-state index contributed by atoms with van der Waals surface area (Å²) in [6.07, 6.45) is 4.75. The van der Waals surface area contributed by atoms with Crippen molar-refractivity contribution >= 4 is 7.12 Å². The highest BCUT2D eigenvalue weighted by atomic mass is 16.5. The lowest BCUT2D eigenvalue weighted by atomic mass is 9.72. The van der Waals surface area contributed by atoms with Gasteiger partial charge in [-0.05, 0) is 24.7 Å². The summed E-state index contributed by atoms with van der Waals surface area (Å²) in [5.74, 6) is 0. The molecule has 15 heavy (non-hydrogen) atoms. The van der Waals surface area contributed by atoms with Crippen molar-refractivity contribution in [2.24, 2.45) is 0 Å². The molecule has 1 aliphatic heterocycles. The SMILES string of the molecule is OB(O)C1=CCC(N2CCOCC2)CC1. The molecule has 2 N–H and O–H groups in total. The second-order valence-corrected chi connectivity index (χ2v) is 4.23. The van der Waals surface area contributed by atoms with E-state index in [2.05, 4.69) is 4.90 Å². The van der Waals surface area contributed by atoms with Gasteiger partial charge >= 0.3 is 7.12 Å². The van der Waals surface area contributed by atoms with Crippen LogP contribution in [0.5, 0.6) is 0 Å². The van der Waals surface area contributed by atoms with Gasteiger partial charge in [0.1, 0.15) is 0 Å². The normalized spacial score (nSPS) is 28.7. The van der Waals surface area contributed by atoms with Crippen LogP contribution in [0.3, 0.4) is 0 Å². The third kappa shape index (κ3) is 2.81. The monoisotopic (exact) mass is 211 g/mol. The molecule has 1 fully saturated rings. The van der Waals surface area contributed by atoms with E-state index in [4.69, 9.17) is 14.8 Å². The fourth-order valence-corrected chi connectivity index (χ4v) is 2.35. The largest absolute Gasteiger partial charge is 0.483 e. The molecule has 1 heterocycles. The second-order valence-electron chi connectivity index (χ2n) is 4.23. The van der Waals surface area contributed by atoms with Gasteiger partial charge in [0.15, 0.2) is 0 Å². The summed E-state index contributed by atoms with van der Waals surface area (Å²) in [6.45, 7) is 3.68. The molecule has 0 saturated carbocycles. The average molecular weight is 211 g/mol. The first-order valence-electron chi connectivity index (χ1n) is 5.64. The zero-order valence-electron chi connectivity index (χ0n) is 8.93. The van der Waals surface area contributed by atoms with E-state index >= 15 is 0 Å². The Kier molecular flexibility index (Phi) is 3.80. The summed E-state index contributed by atoms with van der Waals surface area (Å²) in [7, 11) is -1.25. The lowest BCUT2D eigenvalue weighted by Gasteiger charge is -2.36. The minimum atomic E-state index is -1.25. The standard InChI is InChI=1S/C10H18BNO3/c13-11(14)9-1-3-10(4-2-9)12-5-7-15-8-6-12/h1,10,13-14H,2-8H2. The molecule has 4 nitrogen and oxygen atoms in total. The zero-order valence-corrected chi connectivity index (χ0v) is 8.93. The molecular formula is C10H18BNO3. The van der Waals surface area contributed by atoms with Crippen molar-refractivity contribution in [2.75, 3.05) is 26.3 Å². The molecule has 0 bridgehead atoms. The first-order chi connectivity index (χ1) is 7.27. The van der Waals surface area contributed by atoms with Gasteiger partial charge in [-0.15, -0.1) is 0 Å². The van der Waals surface area contributed by atoms with Crippen molar-refractivity contribution in [2.45, 2.75) is 25.3 Å². The first kappa shape index (κ1) is 11.1. The van der Waals surface area contributed by atoms with Crippen LogP contribution in [0.4, 0.5) is 0 Å². The summed E-state index contributed by atoms with van der Waals surface area (Å²) in [5.41, 5.74) is 0.777. The van der Waals surface area contributed by atoms with Crippen LogP contribution in [0.1, 0.15) is 19.3 Å². The van der Waals surface area contributed by atoms with Crippen LogP contribution in [0.2, 0.25) is 0 Å². The van der Waals surface area contributed by atoms with Gasteiger partial charge in [-0.2, -0.15) is 0 Å². The van der Waals surface area contributed by atoms with E-state index in [1.807, 2.05) is 6.08 Å². The Morgan fingerprint density at radius 2 is 2.07 bits per heavy atom. The van der Waals surface area contributed by atoms with E-state index in [0.29, 0.717) is 6.04 Å². The van der Waals surface area contributed by atoms with E-state index in [0.717, 1.165) is 51.0 Å². The number of hydrogen-bond donors (Lipinski definition) is 2. The van der Waals surface area contributed by atoms with Gasteiger partial charge in [0, 0.05) is 19.1 Å². The van der Waals surface area contributed by atoms with Crippen LogP contribution >= 0.6 is 0 Å². The highest BCUT2D eigenvalue weighted by molar-refractivity contribution is 6.50. The third-order valence-corrected chi connectivity index (χ3v) is 3.31. The Bertz CT molecular complexity index is 239. The smallest absolute Gasteiger partial charge is 0.423 e. The zero-order chi connectivity index (χ0) is 10.7. The second kappa shape index (κ2) is 5.12.